The molecule has 0 aliphatic carbocycles. The maximum atomic E-state index is 7.09. The predicted molar refractivity (Wildman–Crippen MR) is 139 cm³/mol. The molecule has 2 N–H and O–H groups in total. The molecule has 4 aromatic carbocycles. The minimum absolute atomic E-state index is 0.0801. The lowest BCUT2D eigenvalue weighted by molar-refractivity contribution is 0.132. The minimum atomic E-state index is -0.458. The van der Waals surface area contributed by atoms with Crippen LogP contribution < -0.4 is 15.4 Å². The van der Waals surface area contributed by atoms with E-state index in [1.165, 1.54) is 22.4 Å². The Balaban J connectivity index is 1.75. The first-order valence-electron chi connectivity index (χ1n) is 12.2. The van der Waals surface area contributed by atoms with Crippen LogP contribution in [0.2, 0.25) is 0 Å². The van der Waals surface area contributed by atoms with Crippen LogP contribution in [0.5, 0.6) is 5.75 Å². The molecule has 4 aromatic rings. The van der Waals surface area contributed by atoms with Gasteiger partial charge in [-0.25, -0.2) is 0 Å². The van der Waals surface area contributed by atoms with Crippen molar-refractivity contribution in [2.75, 3.05) is 10.6 Å². The summed E-state index contributed by atoms with van der Waals surface area (Å²) in [6.45, 7) is 3.11. The zero-order valence-electron chi connectivity index (χ0n) is 19.5. The summed E-state index contributed by atoms with van der Waals surface area (Å²) in [5.74, 6) is 0.933. The SMILES string of the molecule is C[C@H]1CC[C@@H]2Oc3ccc(N)cc3CN1c1ccccc1C2(c1ccccc1)c1ccccc1. The highest BCUT2D eigenvalue weighted by molar-refractivity contribution is 5.67. The van der Waals surface area contributed by atoms with E-state index in [1.807, 2.05) is 6.07 Å². The molecular formula is C31H30N2O. The average Bonchev–Trinajstić information content (AvgIpc) is 2.98. The van der Waals surface area contributed by atoms with Gasteiger partial charge in [-0.05, 0) is 60.7 Å². The summed E-state index contributed by atoms with van der Waals surface area (Å²) >= 11 is 0. The van der Waals surface area contributed by atoms with Gasteiger partial charge in [0, 0.05) is 29.5 Å². The first-order valence-corrected chi connectivity index (χ1v) is 12.2. The van der Waals surface area contributed by atoms with Crippen molar-refractivity contribution < 1.29 is 4.74 Å². The molecule has 0 amide bonds. The molecule has 0 saturated heterocycles. The van der Waals surface area contributed by atoms with Crippen LogP contribution in [-0.4, -0.2) is 12.1 Å². The largest absolute Gasteiger partial charge is 0.488 e. The van der Waals surface area contributed by atoms with E-state index >= 15 is 0 Å². The molecule has 3 aliphatic heterocycles. The van der Waals surface area contributed by atoms with Gasteiger partial charge in [0.25, 0.3) is 0 Å². The van der Waals surface area contributed by atoms with Crippen molar-refractivity contribution in [1.29, 1.82) is 0 Å². The third-order valence-corrected chi connectivity index (χ3v) is 7.65. The van der Waals surface area contributed by atoms with Crippen molar-refractivity contribution in [2.45, 2.75) is 43.9 Å². The summed E-state index contributed by atoms with van der Waals surface area (Å²) in [4.78, 5) is 2.55. The second kappa shape index (κ2) is 8.25. The zero-order chi connectivity index (χ0) is 23.1. The number of para-hydroxylation sites is 1. The van der Waals surface area contributed by atoms with E-state index in [0.717, 1.165) is 36.4 Å². The Morgan fingerprint density at radius 1 is 0.794 bits per heavy atom. The maximum Gasteiger partial charge on any atom is 0.124 e. The van der Waals surface area contributed by atoms with Crippen molar-refractivity contribution >= 4 is 11.4 Å². The molecule has 3 heterocycles. The van der Waals surface area contributed by atoms with Gasteiger partial charge >= 0.3 is 0 Å². The number of nitrogens with two attached hydrogens (primary N) is 1. The van der Waals surface area contributed by atoms with Gasteiger partial charge in [0.15, 0.2) is 0 Å². The highest BCUT2D eigenvalue weighted by Crippen LogP contribution is 2.51. The molecule has 34 heavy (non-hydrogen) atoms. The molecule has 0 spiro atoms. The standard InChI is InChI=1S/C31H30N2O/c1-22-16-19-30-31(24-10-4-2-5-11-24,25-12-6-3-7-13-25)27-14-8-9-15-28(27)33(22)21-23-20-26(32)17-18-29(23)34-30/h2-15,17-18,20,22,30H,16,19,21,32H2,1H3/t22-,30-/m0/s1. The molecule has 3 aliphatic rings. The number of nitrogen functional groups attached to an aromatic ring is 1. The van der Waals surface area contributed by atoms with Crippen LogP contribution in [0.3, 0.4) is 0 Å². The lowest BCUT2D eigenvalue weighted by atomic mass is 9.63. The third-order valence-electron chi connectivity index (χ3n) is 7.65. The first kappa shape index (κ1) is 20.9. The van der Waals surface area contributed by atoms with Crippen LogP contribution in [0.1, 0.15) is 42.0 Å². The van der Waals surface area contributed by atoms with E-state index in [1.54, 1.807) is 0 Å². The topological polar surface area (TPSA) is 38.5 Å². The highest BCUT2D eigenvalue weighted by atomic mass is 16.5. The van der Waals surface area contributed by atoms with Crippen LogP contribution in [0.4, 0.5) is 11.4 Å². The van der Waals surface area contributed by atoms with Crippen molar-refractivity contribution in [3.8, 4) is 5.75 Å². The van der Waals surface area contributed by atoms with Gasteiger partial charge in [-0.2, -0.15) is 0 Å². The molecule has 170 valence electrons. The van der Waals surface area contributed by atoms with Gasteiger partial charge in [0.05, 0.1) is 5.41 Å². The van der Waals surface area contributed by atoms with Gasteiger partial charge in [0.1, 0.15) is 11.9 Å². The molecule has 0 unspecified atom stereocenters. The third kappa shape index (κ3) is 3.19. The van der Waals surface area contributed by atoms with Gasteiger partial charge < -0.3 is 15.4 Å². The Morgan fingerprint density at radius 2 is 1.44 bits per heavy atom. The number of anilines is 2. The van der Waals surface area contributed by atoms with Crippen molar-refractivity contribution in [3.05, 3.63) is 125 Å². The molecule has 0 fully saturated rings. The fourth-order valence-corrected chi connectivity index (χ4v) is 6.05. The molecule has 0 radical (unpaired) electrons. The summed E-state index contributed by atoms with van der Waals surface area (Å²) in [5.41, 5.74) is 12.8. The quantitative estimate of drug-likeness (QED) is 0.355. The molecule has 0 saturated carbocycles. The maximum absolute atomic E-state index is 7.09. The summed E-state index contributed by atoms with van der Waals surface area (Å²) in [5, 5.41) is 0. The van der Waals surface area contributed by atoms with Crippen LogP contribution in [0.25, 0.3) is 0 Å². The van der Waals surface area contributed by atoms with Crippen molar-refractivity contribution in [1.82, 2.24) is 0 Å². The number of benzene rings is 4. The van der Waals surface area contributed by atoms with E-state index in [-0.39, 0.29) is 6.10 Å². The lowest BCUT2D eigenvalue weighted by Gasteiger charge is -2.46. The summed E-state index contributed by atoms with van der Waals surface area (Å²) in [7, 11) is 0. The van der Waals surface area contributed by atoms with Crippen LogP contribution in [0.15, 0.2) is 103 Å². The van der Waals surface area contributed by atoms with Gasteiger partial charge in [-0.15, -0.1) is 0 Å². The Labute approximate surface area is 201 Å². The molecule has 2 atom stereocenters. The van der Waals surface area contributed by atoms with Crippen LogP contribution in [0, 0.1) is 0 Å². The minimum Gasteiger partial charge on any atom is -0.488 e. The fourth-order valence-electron chi connectivity index (χ4n) is 6.05. The molecule has 7 rings (SSSR count). The molecule has 2 bridgehead atoms. The second-order valence-electron chi connectivity index (χ2n) is 9.59. The lowest BCUT2D eigenvalue weighted by Crippen LogP contribution is -2.48. The second-order valence-corrected chi connectivity index (χ2v) is 9.59. The monoisotopic (exact) mass is 446 g/mol. The van der Waals surface area contributed by atoms with Crippen molar-refractivity contribution in [3.63, 3.8) is 0 Å². The Morgan fingerprint density at radius 3 is 2.15 bits per heavy atom. The normalized spacial score (nSPS) is 20.7. The summed E-state index contributed by atoms with van der Waals surface area (Å²) < 4.78 is 7.09. The first-order chi connectivity index (χ1) is 16.7. The fraction of sp³-hybridized carbons (Fsp3) is 0.226. The number of nitrogens with zero attached hydrogens (tertiary/aromatic N) is 1. The predicted octanol–water partition coefficient (Wildman–Crippen LogP) is 6.55. The molecule has 0 aromatic heterocycles. The highest BCUT2D eigenvalue weighted by Gasteiger charge is 2.49. The van der Waals surface area contributed by atoms with Gasteiger partial charge in [-0.3, -0.25) is 0 Å². The molecule has 3 heteroatoms. The van der Waals surface area contributed by atoms with E-state index in [9.17, 15) is 0 Å². The van der Waals surface area contributed by atoms with E-state index < -0.39 is 5.41 Å². The Bertz CT molecular complexity index is 1260. The Kier molecular flexibility index (Phi) is 5.06. The van der Waals surface area contributed by atoms with Gasteiger partial charge in [0.2, 0.25) is 0 Å². The Hall–Kier alpha value is -3.72. The van der Waals surface area contributed by atoms with Gasteiger partial charge in [-0.1, -0.05) is 78.9 Å². The van der Waals surface area contributed by atoms with E-state index in [0.29, 0.717) is 6.04 Å². The smallest absolute Gasteiger partial charge is 0.124 e. The van der Waals surface area contributed by atoms with Crippen LogP contribution >= 0.6 is 0 Å². The van der Waals surface area contributed by atoms with E-state index in [4.69, 9.17) is 10.5 Å². The summed E-state index contributed by atoms with van der Waals surface area (Å²) in [6, 6.07) is 37.2. The average molecular weight is 447 g/mol. The number of hydrogen-bond donors (Lipinski definition) is 1. The number of rotatable bonds is 2. The molecular weight excluding hydrogens is 416 g/mol. The van der Waals surface area contributed by atoms with Crippen molar-refractivity contribution in [2.24, 2.45) is 0 Å². The van der Waals surface area contributed by atoms with Crippen LogP contribution in [-0.2, 0) is 12.0 Å². The van der Waals surface area contributed by atoms with E-state index in [2.05, 4.69) is 109 Å². The number of hydrogen-bond acceptors (Lipinski definition) is 3. The molecule has 3 nitrogen and oxygen atoms in total. The number of fused-ring (bicyclic) bond motifs is 2. The zero-order valence-corrected chi connectivity index (χ0v) is 19.5. The summed E-state index contributed by atoms with van der Waals surface area (Å²) in [6.07, 6.45) is 1.91. The number of ether oxygens (including phenoxy) is 1.